The van der Waals surface area contributed by atoms with Crippen LogP contribution in [0.3, 0.4) is 0 Å². The minimum Gasteiger partial charge on any atom is -0.872 e. The second-order valence-electron chi connectivity index (χ2n) is 18.9. The van der Waals surface area contributed by atoms with Crippen molar-refractivity contribution in [2.24, 2.45) is 0 Å². The van der Waals surface area contributed by atoms with E-state index in [1.54, 1.807) is 19.2 Å². The van der Waals surface area contributed by atoms with Gasteiger partial charge >= 0.3 is 18.9 Å². The molecule has 4 aromatic rings. The van der Waals surface area contributed by atoms with Gasteiger partial charge < -0.3 is 20.1 Å². The van der Waals surface area contributed by atoms with Crippen LogP contribution in [0.1, 0.15) is 164 Å². The van der Waals surface area contributed by atoms with Gasteiger partial charge in [-0.15, -0.1) is 5.75 Å². The molecule has 1 aliphatic rings. The maximum Gasteiger partial charge on any atom is 1.00 e. The third-order valence-electron chi connectivity index (χ3n) is 10.2. The summed E-state index contributed by atoms with van der Waals surface area (Å²) >= 11 is 0. The van der Waals surface area contributed by atoms with Crippen molar-refractivity contribution in [2.75, 3.05) is 7.11 Å². The second-order valence-corrected chi connectivity index (χ2v) is 18.9. The zero-order valence-corrected chi connectivity index (χ0v) is 37.1. The van der Waals surface area contributed by atoms with Crippen LogP contribution >= 0.6 is 0 Å². The molecule has 0 unspecified atom stereocenters. The van der Waals surface area contributed by atoms with Gasteiger partial charge in [0, 0.05) is 39.5 Å². The van der Waals surface area contributed by atoms with Crippen LogP contribution in [0.2, 0.25) is 0 Å². The van der Waals surface area contributed by atoms with Gasteiger partial charge in [0.15, 0.2) is 0 Å². The number of phenolic OH excluding ortho intramolecular Hbond substituents is 2. The summed E-state index contributed by atoms with van der Waals surface area (Å²) in [6, 6.07) is 20.3. The molecule has 294 valence electrons. The Labute approximate surface area is 349 Å². The molecular weight excluding hydrogens is 687 g/mol. The van der Waals surface area contributed by atoms with E-state index in [1.165, 1.54) is 19.4 Å². The topological polar surface area (TPSA) is 120 Å². The van der Waals surface area contributed by atoms with Crippen molar-refractivity contribution < 1.29 is 38.9 Å². The number of methoxy groups -OCH3 is 1. The van der Waals surface area contributed by atoms with Crippen molar-refractivity contribution in [1.82, 2.24) is 0 Å². The van der Waals surface area contributed by atoms with E-state index in [2.05, 4.69) is 119 Å². The maximum atomic E-state index is 14.4. The molecule has 0 radical (unpaired) electrons. The molecule has 2 N–H and O–H groups in total. The molecule has 0 aliphatic heterocycles. The van der Waals surface area contributed by atoms with Gasteiger partial charge in [-0.05, 0) is 77.3 Å². The quantitative estimate of drug-likeness (QED) is 0.167. The van der Waals surface area contributed by atoms with Crippen LogP contribution in [0.15, 0.2) is 48.5 Å². The Bertz CT molecular complexity index is 1980. The molecule has 5 rings (SSSR count). The fourth-order valence-corrected chi connectivity index (χ4v) is 6.91. The maximum absolute atomic E-state index is 14.4. The zero-order valence-electron chi connectivity index (χ0n) is 37.1. The number of fused-ring (bicyclic) bond motifs is 8. The second kappa shape index (κ2) is 18.3. The molecule has 0 saturated carbocycles. The van der Waals surface area contributed by atoms with E-state index < -0.39 is 0 Å². The molecule has 0 heterocycles. The van der Waals surface area contributed by atoms with E-state index in [0.29, 0.717) is 36.8 Å². The number of phenols is 2. The molecule has 0 amide bonds. The van der Waals surface area contributed by atoms with Crippen molar-refractivity contribution in [2.45, 2.75) is 144 Å². The van der Waals surface area contributed by atoms with Gasteiger partial charge in [0.1, 0.15) is 17.2 Å². The number of aromatic hydroxyl groups is 2. The summed E-state index contributed by atoms with van der Waals surface area (Å²) in [4.78, 5) is 0. The van der Waals surface area contributed by atoms with Gasteiger partial charge in [0.2, 0.25) is 0 Å². The average molecular weight is 751 g/mol. The first-order chi connectivity index (χ1) is 25.3. The minimum atomic E-state index is -0.205. The summed E-state index contributed by atoms with van der Waals surface area (Å²) in [7, 11) is 1.71. The predicted molar refractivity (Wildman–Crippen MR) is 224 cm³/mol. The summed E-state index contributed by atoms with van der Waals surface area (Å²) in [5, 5.41) is 53.0. The van der Waals surface area contributed by atoms with Crippen molar-refractivity contribution in [1.29, 1.82) is 10.5 Å². The monoisotopic (exact) mass is 750 g/mol. The van der Waals surface area contributed by atoms with Crippen molar-refractivity contribution in [3.63, 3.8) is 0 Å². The number of benzene rings is 4. The van der Waals surface area contributed by atoms with Crippen LogP contribution < -0.4 is 28.7 Å². The molecule has 6 nitrogen and oxygen atoms in total. The molecule has 56 heavy (non-hydrogen) atoms. The Morgan fingerprint density at radius 2 is 0.679 bits per heavy atom. The molecule has 7 heteroatoms. The molecule has 0 aromatic heterocycles. The number of nitriles is 2. The van der Waals surface area contributed by atoms with Crippen LogP contribution in [-0.2, 0) is 47.3 Å². The number of hydrogen-bond acceptors (Lipinski definition) is 6. The smallest absolute Gasteiger partial charge is 0.872 e. The average Bonchev–Trinajstić information content (AvgIpc) is 3.04. The Hall–Kier alpha value is -4.34. The van der Waals surface area contributed by atoms with E-state index in [0.717, 1.165) is 55.8 Å². The summed E-state index contributed by atoms with van der Waals surface area (Å²) in [5.74, 6) is 1.19. The molecule has 0 atom stereocenters. The fraction of sp³-hybridized carbons (Fsp3) is 0.469. The van der Waals surface area contributed by atoms with E-state index >= 15 is 0 Å². The normalized spacial score (nSPS) is 12.7. The summed E-state index contributed by atoms with van der Waals surface area (Å²) < 4.78 is 6.20. The van der Waals surface area contributed by atoms with Crippen molar-refractivity contribution in [3.8, 4) is 35.1 Å². The number of hydrogen-bond donors (Lipinski definition) is 2. The van der Waals surface area contributed by atoms with Gasteiger partial charge in [-0.2, -0.15) is 10.5 Å². The van der Waals surface area contributed by atoms with E-state index in [-0.39, 0.29) is 57.8 Å². The first kappa shape index (κ1) is 47.8. The Kier molecular flexibility index (Phi) is 15.6. The van der Waals surface area contributed by atoms with E-state index in [9.17, 15) is 15.3 Å². The fourth-order valence-electron chi connectivity index (χ4n) is 6.91. The van der Waals surface area contributed by atoms with Gasteiger partial charge in [0.05, 0.1) is 19.2 Å². The molecule has 0 spiro atoms. The molecule has 8 bridgehead atoms. The first-order valence-electron chi connectivity index (χ1n) is 19.2. The van der Waals surface area contributed by atoms with Gasteiger partial charge in [0.25, 0.3) is 0 Å². The SMILES string of the molecule is CC#N.CC#N.COc1c2cc(C(C)(C)C)cc1Cc1cc(C(C)(C)C)cc(c1O)Cc1cc(C(C)(C)C)cc(c1[O-])Cc1cc(C(C)(C)C)cc(c1O)C2.[Li+]. The largest absolute Gasteiger partial charge is 1.00 e. The third kappa shape index (κ3) is 11.4. The van der Waals surface area contributed by atoms with Crippen LogP contribution in [-0.4, -0.2) is 17.3 Å². The van der Waals surface area contributed by atoms with Crippen LogP contribution in [0.25, 0.3) is 0 Å². The van der Waals surface area contributed by atoms with Gasteiger partial charge in [-0.3, -0.25) is 0 Å². The Morgan fingerprint density at radius 1 is 0.482 bits per heavy atom. The summed E-state index contributed by atoms with van der Waals surface area (Å²) in [6.07, 6.45) is 1.53. The molecule has 4 aromatic carbocycles. The van der Waals surface area contributed by atoms with Crippen LogP contribution in [0.5, 0.6) is 23.0 Å². The van der Waals surface area contributed by atoms with Crippen LogP contribution in [0, 0.1) is 22.7 Å². The van der Waals surface area contributed by atoms with E-state index in [4.69, 9.17) is 15.3 Å². The minimum absolute atomic E-state index is 0. The molecule has 0 fully saturated rings. The van der Waals surface area contributed by atoms with E-state index in [1.807, 2.05) is 12.1 Å². The third-order valence-corrected chi connectivity index (χ3v) is 10.2. The predicted octanol–water partition coefficient (Wildman–Crippen LogP) is 8.11. The Balaban J connectivity index is 0.00000145. The van der Waals surface area contributed by atoms with Gasteiger partial charge in [-0.1, -0.05) is 143 Å². The number of ether oxygens (including phenoxy) is 1. The van der Waals surface area contributed by atoms with Crippen molar-refractivity contribution in [3.05, 3.63) is 115 Å². The van der Waals surface area contributed by atoms with Gasteiger partial charge in [-0.25, -0.2) is 0 Å². The zero-order chi connectivity index (χ0) is 41.8. The number of nitrogens with zero attached hydrogens (tertiary/aromatic N) is 2. The standard InChI is InChI=1S/C45H58O4.2C2H3N.Li/c1-42(2,3)34-18-26-14-28-20-35(43(4,5)6)22-30(39(28)47)16-32-24-37(45(10,11)12)25-33(41(32)49-13)17-31-23-36(44(7,8)9)21-29(40(31)48)15-27(19-34)38(26)46;2*1-2-3;/h18-25,46-48H,14-17H2,1-13H3;2*1H3;/q;;;+1/p-1. The molecule has 1 aliphatic carbocycles. The van der Waals surface area contributed by atoms with Crippen LogP contribution in [0.4, 0.5) is 0 Å². The number of rotatable bonds is 1. The van der Waals surface area contributed by atoms with Crippen molar-refractivity contribution >= 4 is 0 Å². The first-order valence-corrected chi connectivity index (χ1v) is 19.2. The summed E-state index contributed by atoms with van der Waals surface area (Å²) in [6.45, 7) is 29.1. The molecule has 0 saturated heterocycles. The molecular formula is C49H63LiN2O4. The summed E-state index contributed by atoms with van der Waals surface area (Å²) in [5.41, 5.74) is 10.1. The Morgan fingerprint density at radius 3 is 0.893 bits per heavy atom.